The number of anilines is 2. The summed E-state index contributed by atoms with van der Waals surface area (Å²) in [6, 6.07) is 9.56. The molecular weight excluding hydrogens is 320 g/mol. The summed E-state index contributed by atoms with van der Waals surface area (Å²) >= 11 is 3.23. The number of furan rings is 1. The van der Waals surface area contributed by atoms with Gasteiger partial charge in [-0.15, -0.1) is 0 Å². The standard InChI is InChI=1S/C15H15BrN2O2/c16-14-11(7-10-20-14)15(19)17-12-5-1-2-6-13(12)18-8-3-4-9-18/h1-2,5-7,10H,3-4,8-9H2,(H,17,19). The van der Waals surface area contributed by atoms with Gasteiger partial charge in [0.1, 0.15) is 0 Å². The van der Waals surface area contributed by atoms with Crippen molar-refractivity contribution in [1.82, 2.24) is 0 Å². The maximum absolute atomic E-state index is 12.2. The van der Waals surface area contributed by atoms with E-state index in [0.717, 1.165) is 24.5 Å². The van der Waals surface area contributed by atoms with Crippen LogP contribution in [0.25, 0.3) is 0 Å². The molecule has 1 aromatic carbocycles. The van der Waals surface area contributed by atoms with Gasteiger partial charge in [-0.3, -0.25) is 4.79 Å². The van der Waals surface area contributed by atoms with E-state index in [9.17, 15) is 4.79 Å². The fourth-order valence-corrected chi connectivity index (χ4v) is 2.88. The lowest BCUT2D eigenvalue weighted by Crippen LogP contribution is -2.21. The number of carbonyl (C=O) groups excluding carboxylic acids is 1. The summed E-state index contributed by atoms with van der Waals surface area (Å²) in [6.45, 7) is 2.09. The Labute approximate surface area is 125 Å². The molecule has 1 aromatic heterocycles. The predicted molar refractivity (Wildman–Crippen MR) is 82.3 cm³/mol. The molecule has 1 amide bonds. The molecule has 0 aliphatic carbocycles. The quantitative estimate of drug-likeness (QED) is 0.925. The number of carbonyl (C=O) groups is 1. The van der Waals surface area contributed by atoms with Crippen molar-refractivity contribution in [2.75, 3.05) is 23.3 Å². The van der Waals surface area contributed by atoms with Crippen molar-refractivity contribution in [2.24, 2.45) is 0 Å². The third-order valence-corrected chi connectivity index (χ3v) is 4.08. The molecule has 1 saturated heterocycles. The highest BCUT2D eigenvalue weighted by atomic mass is 79.9. The molecule has 3 rings (SSSR count). The van der Waals surface area contributed by atoms with Crippen LogP contribution in [-0.2, 0) is 0 Å². The van der Waals surface area contributed by atoms with Gasteiger partial charge in [0.15, 0.2) is 4.67 Å². The SMILES string of the molecule is O=C(Nc1ccccc1N1CCCC1)c1ccoc1Br. The first-order chi connectivity index (χ1) is 9.75. The van der Waals surface area contributed by atoms with Crippen molar-refractivity contribution < 1.29 is 9.21 Å². The number of benzene rings is 1. The van der Waals surface area contributed by atoms with E-state index in [1.54, 1.807) is 6.07 Å². The van der Waals surface area contributed by atoms with Crippen LogP contribution in [0.4, 0.5) is 11.4 Å². The van der Waals surface area contributed by atoms with Crippen molar-refractivity contribution in [3.05, 3.63) is 46.8 Å². The van der Waals surface area contributed by atoms with Gasteiger partial charge in [-0.25, -0.2) is 0 Å². The average molecular weight is 335 g/mol. The van der Waals surface area contributed by atoms with Gasteiger partial charge in [-0.05, 0) is 47.0 Å². The molecule has 1 fully saturated rings. The normalized spacial score (nSPS) is 14.6. The molecule has 0 unspecified atom stereocenters. The molecule has 0 saturated carbocycles. The van der Waals surface area contributed by atoms with Crippen molar-refractivity contribution in [1.29, 1.82) is 0 Å². The van der Waals surface area contributed by atoms with Crippen LogP contribution in [0.3, 0.4) is 0 Å². The monoisotopic (exact) mass is 334 g/mol. The van der Waals surface area contributed by atoms with E-state index in [1.165, 1.54) is 19.1 Å². The second-order valence-corrected chi connectivity index (χ2v) is 5.49. The molecule has 2 heterocycles. The summed E-state index contributed by atoms with van der Waals surface area (Å²) in [6.07, 6.45) is 3.90. The van der Waals surface area contributed by atoms with Gasteiger partial charge in [0.2, 0.25) is 0 Å². The lowest BCUT2D eigenvalue weighted by atomic mass is 10.2. The Balaban J connectivity index is 1.84. The Morgan fingerprint density at radius 3 is 2.65 bits per heavy atom. The first-order valence-corrected chi connectivity index (χ1v) is 7.43. The summed E-state index contributed by atoms with van der Waals surface area (Å²) in [7, 11) is 0. The summed E-state index contributed by atoms with van der Waals surface area (Å²) < 4.78 is 5.55. The third-order valence-electron chi connectivity index (χ3n) is 3.46. The number of rotatable bonds is 3. The second kappa shape index (κ2) is 5.71. The number of hydrogen-bond acceptors (Lipinski definition) is 3. The topological polar surface area (TPSA) is 45.5 Å². The highest BCUT2D eigenvalue weighted by Crippen LogP contribution is 2.29. The molecule has 2 aromatic rings. The molecule has 0 radical (unpaired) electrons. The van der Waals surface area contributed by atoms with Crippen LogP contribution < -0.4 is 10.2 Å². The Kier molecular flexibility index (Phi) is 3.78. The first-order valence-electron chi connectivity index (χ1n) is 6.64. The van der Waals surface area contributed by atoms with Crippen LogP contribution in [0.2, 0.25) is 0 Å². The summed E-state index contributed by atoms with van der Waals surface area (Å²) in [5, 5.41) is 2.96. The minimum absolute atomic E-state index is 0.169. The molecule has 20 heavy (non-hydrogen) atoms. The van der Waals surface area contributed by atoms with E-state index in [0.29, 0.717) is 10.2 Å². The lowest BCUT2D eigenvalue weighted by molar-refractivity contribution is 0.102. The van der Waals surface area contributed by atoms with Gasteiger partial charge in [0.05, 0.1) is 23.2 Å². The van der Waals surface area contributed by atoms with Gasteiger partial charge in [-0.2, -0.15) is 0 Å². The van der Waals surface area contributed by atoms with Crippen LogP contribution >= 0.6 is 15.9 Å². The van der Waals surface area contributed by atoms with Gasteiger partial charge >= 0.3 is 0 Å². The van der Waals surface area contributed by atoms with E-state index >= 15 is 0 Å². The number of para-hydroxylation sites is 2. The molecule has 0 spiro atoms. The smallest absolute Gasteiger partial charge is 0.260 e. The summed E-state index contributed by atoms with van der Waals surface area (Å²) in [4.78, 5) is 14.5. The molecule has 1 N–H and O–H groups in total. The number of amides is 1. The number of nitrogens with zero attached hydrogens (tertiary/aromatic N) is 1. The average Bonchev–Trinajstić information content (AvgIpc) is 3.10. The van der Waals surface area contributed by atoms with Crippen LogP contribution in [0.15, 0.2) is 45.7 Å². The fraction of sp³-hybridized carbons (Fsp3) is 0.267. The zero-order valence-electron chi connectivity index (χ0n) is 10.9. The molecule has 1 aliphatic rings. The minimum Gasteiger partial charge on any atom is -0.457 e. The Morgan fingerprint density at radius 1 is 1.20 bits per heavy atom. The van der Waals surface area contributed by atoms with Gasteiger partial charge in [0.25, 0.3) is 5.91 Å². The number of hydrogen-bond donors (Lipinski definition) is 1. The maximum atomic E-state index is 12.2. The summed E-state index contributed by atoms with van der Waals surface area (Å²) in [5.41, 5.74) is 2.42. The number of nitrogens with one attached hydrogen (secondary N) is 1. The molecule has 104 valence electrons. The van der Waals surface area contributed by atoms with Crippen LogP contribution in [0.1, 0.15) is 23.2 Å². The van der Waals surface area contributed by atoms with Gasteiger partial charge < -0.3 is 14.6 Å². The Morgan fingerprint density at radius 2 is 1.95 bits per heavy atom. The molecule has 0 bridgehead atoms. The largest absolute Gasteiger partial charge is 0.457 e. The van der Waals surface area contributed by atoms with Crippen molar-refractivity contribution in [3.63, 3.8) is 0 Å². The third kappa shape index (κ3) is 2.58. The van der Waals surface area contributed by atoms with E-state index in [4.69, 9.17) is 4.42 Å². The van der Waals surface area contributed by atoms with E-state index in [-0.39, 0.29) is 5.91 Å². The highest BCUT2D eigenvalue weighted by Gasteiger charge is 2.18. The Hall–Kier alpha value is -1.75. The predicted octanol–water partition coefficient (Wildman–Crippen LogP) is 3.89. The lowest BCUT2D eigenvalue weighted by Gasteiger charge is -2.21. The first kappa shape index (κ1) is 13.2. The number of halogens is 1. The van der Waals surface area contributed by atoms with Gasteiger partial charge in [-0.1, -0.05) is 12.1 Å². The van der Waals surface area contributed by atoms with E-state index in [2.05, 4.69) is 26.1 Å². The minimum atomic E-state index is -0.169. The van der Waals surface area contributed by atoms with Crippen molar-refractivity contribution in [2.45, 2.75) is 12.8 Å². The molecular formula is C15H15BrN2O2. The summed E-state index contributed by atoms with van der Waals surface area (Å²) in [5.74, 6) is -0.169. The second-order valence-electron chi connectivity index (χ2n) is 4.77. The zero-order valence-corrected chi connectivity index (χ0v) is 12.5. The van der Waals surface area contributed by atoms with E-state index < -0.39 is 0 Å². The molecule has 0 atom stereocenters. The zero-order chi connectivity index (χ0) is 13.9. The van der Waals surface area contributed by atoms with Crippen LogP contribution in [0.5, 0.6) is 0 Å². The molecule has 5 heteroatoms. The van der Waals surface area contributed by atoms with Crippen LogP contribution in [0, 0.1) is 0 Å². The van der Waals surface area contributed by atoms with Gasteiger partial charge in [0, 0.05) is 13.1 Å². The fourth-order valence-electron chi connectivity index (χ4n) is 2.46. The Bertz CT molecular complexity index is 618. The molecule has 1 aliphatic heterocycles. The highest BCUT2D eigenvalue weighted by molar-refractivity contribution is 9.10. The van der Waals surface area contributed by atoms with Crippen molar-refractivity contribution >= 4 is 33.2 Å². The molecule has 4 nitrogen and oxygen atoms in total. The van der Waals surface area contributed by atoms with Crippen LogP contribution in [-0.4, -0.2) is 19.0 Å². The van der Waals surface area contributed by atoms with Crippen molar-refractivity contribution in [3.8, 4) is 0 Å². The maximum Gasteiger partial charge on any atom is 0.260 e. The van der Waals surface area contributed by atoms with E-state index in [1.807, 2.05) is 24.3 Å².